The van der Waals surface area contributed by atoms with Gasteiger partial charge in [-0.25, -0.2) is 4.79 Å². The molecule has 0 radical (unpaired) electrons. The first-order valence-electron chi connectivity index (χ1n) is 5.39. The van der Waals surface area contributed by atoms with E-state index >= 15 is 0 Å². The van der Waals surface area contributed by atoms with Gasteiger partial charge in [-0.3, -0.25) is 0 Å². The molecule has 0 N–H and O–H groups in total. The summed E-state index contributed by atoms with van der Waals surface area (Å²) in [6.07, 6.45) is -4.98. The van der Waals surface area contributed by atoms with E-state index in [0.29, 0.717) is 5.56 Å². The smallest absolute Gasteiger partial charge is 0.481 e. The monoisotopic (exact) mass is 357 g/mol. The van der Waals surface area contributed by atoms with Gasteiger partial charge in [0.1, 0.15) is 5.56 Å². The molecule has 0 aliphatic rings. The minimum atomic E-state index is -4.98. The molecule has 0 spiro atoms. The average Bonchev–Trinajstić information content (AvgIpc) is 2.36. The Morgan fingerprint density at radius 1 is 1.40 bits per heavy atom. The molecule has 0 aliphatic heterocycles. The predicted molar refractivity (Wildman–Crippen MR) is 66.1 cm³/mol. The van der Waals surface area contributed by atoms with Crippen LogP contribution in [0.2, 0.25) is 0 Å². The van der Waals surface area contributed by atoms with E-state index in [-0.39, 0.29) is 17.8 Å². The van der Waals surface area contributed by atoms with Crippen molar-refractivity contribution in [1.82, 2.24) is 4.98 Å². The first kappa shape index (κ1) is 16.5. The summed E-state index contributed by atoms with van der Waals surface area (Å²) in [7, 11) is 1.25. The van der Waals surface area contributed by atoms with Crippen molar-refractivity contribution in [1.29, 1.82) is 0 Å². The second-order valence-electron chi connectivity index (χ2n) is 3.41. The minimum absolute atomic E-state index is 0.0139. The zero-order valence-electron chi connectivity index (χ0n) is 10.6. The molecular weight excluding hydrogens is 347 g/mol. The number of pyridine rings is 1. The Labute approximate surface area is 121 Å². The van der Waals surface area contributed by atoms with E-state index in [2.05, 4.69) is 30.4 Å². The number of hydrogen-bond acceptors (Lipinski definition) is 5. The standard InChI is InChI=1S/C11H11BrF3NO4/c1-3-19-10(17)7-4-6(5-12)8(18-2)16-9(7)20-11(13,14)15/h4H,3,5H2,1-2H3. The van der Waals surface area contributed by atoms with Crippen molar-refractivity contribution >= 4 is 21.9 Å². The zero-order chi connectivity index (χ0) is 15.3. The van der Waals surface area contributed by atoms with Crippen molar-refractivity contribution in [3.8, 4) is 11.8 Å². The maximum Gasteiger partial charge on any atom is 0.574 e. The van der Waals surface area contributed by atoms with Gasteiger partial charge in [0.2, 0.25) is 11.8 Å². The molecule has 0 bridgehead atoms. The van der Waals surface area contributed by atoms with Gasteiger partial charge in [-0.15, -0.1) is 13.2 Å². The highest BCUT2D eigenvalue weighted by molar-refractivity contribution is 9.08. The highest BCUT2D eigenvalue weighted by Gasteiger charge is 2.35. The van der Waals surface area contributed by atoms with Crippen LogP contribution < -0.4 is 9.47 Å². The maximum absolute atomic E-state index is 12.3. The molecule has 20 heavy (non-hydrogen) atoms. The number of ether oxygens (including phenoxy) is 3. The van der Waals surface area contributed by atoms with Crippen LogP contribution in [-0.2, 0) is 10.1 Å². The van der Waals surface area contributed by atoms with Crippen molar-refractivity contribution in [2.24, 2.45) is 0 Å². The lowest BCUT2D eigenvalue weighted by Crippen LogP contribution is -2.21. The lowest BCUT2D eigenvalue weighted by Gasteiger charge is -2.14. The summed E-state index contributed by atoms with van der Waals surface area (Å²) in [6.45, 7) is 1.55. The van der Waals surface area contributed by atoms with Crippen LogP contribution in [0.4, 0.5) is 13.2 Å². The molecule has 0 unspecified atom stereocenters. The molecule has 0 atom stereocenters. The van der Waals surface area contributed by atoms with Crippen LogP contribution in [0.3, 0.4) is 0 Å². The SMILES string of the molecule is CCOC(=O)c1cc(CBr)c(OC)nc1OC(F)(F)F. The number of esters is 1. The van der Waals surface area contributed by atoms with E-state index in [1.54, 1.807) is 0 Å². The molecule has 0 aliphatic carbocycles. The number of carbonyl (C=O) groups excluding carboxylic acids is 1. The van der Waals surface area contributed by atoms with Gasteiger partial charge in [0.25, 0.3) is 0 Å². The quantitative estimate of drug-likeness (QED) is 0.598. The molecule has 1 aromatic rings. The third-order valence-electron chi connectivity index (χ3n) is 2.07. The normalized spacial score (nSPS) is 11.1. The fraction of sp³-hybridized carbons (Fsp3) is 0.455. The van der Waals surface area contributed by atoms with Crippen LogP contribution in [-0.4, -0.2) is 31.0 Å². The molecule has 9 heteroatoms. The lowest BCUT2D eigenvalue weighted by atomic mass is 10.2. The molecule has 0 fully saturated rings. The Hall–Kier alpha value is -1.51. The van der Waals surface area contributed by atoms with Gasteiger partial charge in [0.15, 0.2) is 0 Å². The summed E-state index contributed by atoms with van der Waals surface area (Å²) >= 11 is 3.12. The van der Waals surface area contributed by atoms with Crippen molar-refractivity contribution in [2.75, 3.05) is 13.7 Å². The summed E-state index contributed by atoms with van der Waals surface area (Å²) in [5, 5.41) is 0.238. The third kappa shape index (κ3) is 4.26. The topological polar surface area (TPSA) is 57.7 Å². The van der Waals surface area contributed by atoms with E-state index in [1.807, 2.05) is 0 Å². The fourth-order valence-electron chi connectivity index (χ4n) is 1.34. The van der Waals surface area contributed by atoms with Gasteiger partial charge in [0.05, 0.1) is 13.7 Å². The maximum atomic E-state index is 12.3. The first-order valence-corrected chi connectivity index (χ1v) is 6.51. The van der Waals surface area contributed by atoms with Crippen molar-refractivity contribution in [3.63, 3.8) is 0 Å². The summed E-state index contributed by atoms with van der Waals surface area (Å²) in [5.41, 5.74) is -0.0236. The molecule has 112 valence electrons. The second-order valence-corrected chi connectivity index (χ2v) is 3.97. The summed E-state index contributed by atoms with van der Waals surface area (Å²) in [4.78, 5) is 15.2. The summed E-state index contributed by atoms with van der Waals surface area (Å²) in [6, 6.07) is 1.18. The van der Waals surface area contributed by atoms with Crippen LogP contribution in [0.15, 0.2) is 6.07 Å². The Bertz CT molecular complexity index is 493. The van der Waals surface area contributed by atoms with Crippen LogP contribution >= 0.6 is 15.9 Å². The third-order valence-corrected chi connectivity index (χ3v) is 2.68. The predicted octanol–water partition coefficient (Wildman–Crippen LogP) is 3.06. The molecule has 1 rings (SSSR count). The lowest BCUT2D eigenvalue weighted by molar-refractivity contribution is -0.276. The van der Waals surface area contributed by atoms with Gasteiger partial charge >= 0.3 is 12.3 Å². The van der Waals surface area contributed by atoms with E-state index in [9.17, 15) is 18.0 Å². The fourth-order valence-corrected chi connectivity index (χ4v) is 1.74. The first-order chi connectivity index (χ1) is 9.32. The largest absolute Gasteiger partial charge is 0.574 e. The molecule has 1 heterocycles. The Kier molecular flexibility index (Phi) is 5.61. The van der Waals surface area contributed by atoms with Gasteiger partial charge in [-0.2, -0.15) is 4.98 Å². The van der Waals surface area contributed by atoms with Crippen LogP contribution in [0.1, 0.15) is 22.8 Å². The number of methoxy groups -OCH3 is 1. The van der Waals surface area contributed by atoms with E-state index in [4.69, 9.17) is 4.74 Å². The van der Waals surface area contributed by atoms with Crippen LogP contribution in [0, 0.1) is 0 Å². The number of alkyl halides is 4. The van der Waals surface area contributed by atoms with Crippen molar-refractivity contribution in [3.05, 3.63) is 17.2 Å². The number of hydrogen-bond donors (Lipinski definition) is 0. The minimum Gasteiger partial charge on any atom is -0.481 e. The Balaban J connectivity index is 3.32. The molecule has 0 amide bonds. The number of nitrogens with zero attached hydrogens (tertiary/aromatic N) is 1. The molecule has 1 aromatic heterocycles. The van der Waals surface area contributed by atoms with E-state index in [1.165, 1.54) is 20.1 Å². The zero-order valence-corrected chi connectivity index (χ0v) is 12.2. The average molecular weight is 358 g/mol. The Morgan fingerprint density at radius 3 is 2.50 bits per heavy atom. The van der Waals surface area contributed by atoms with Crippen LogP contribution in [0.5, 0.6) is 11.8 Å². The van der Waals surface area contributed by atoms with Gasteiger partial charge in [-0.05, 0) is 13.0 Å². The van der Waals surface area contributed by atoms with E-state index in [0.717, 1.165) is 0 Å². The summed E-state index contributed by atoms with van der Waals surface area (Å²) in [5.74, 6) is -1.93. The van der Waals surface area contributed by atoms with E-state index < -0.39 is 23.8 Å². The van der Waals surface area contributed by atoms with Gasteiger partial charge in [0, 0.05) is 10.9 Å². The van der Waals surface area contributed by atoms with Crippen molar-refractivity contribution in [2.45, 2.75) is 18.6 Å². The van der Waals surface area contributed by atoms with Crippen molar-refractivity contribution < 1.29 is 32.2 Å². The Morgan fingerprint density at radius 2 is 2.05 bits per heavy atom. The molecule has 0 aromatic carbocycles. The number of halogens is 4. The van der Waals surface area contributed by atoms with Gasteiger partial charge < -0.3 is 14.2 Å². The molecule has 0 saturated heterocycles. The highest BCUT2D eigenvalue weighted by atomic mass is 79.9. The number of carbonyl (C=O) groups is 1. The highest BCUT2D eigenvalue weighted by Crippen LogP contribution is 2.30. The second kappa shape index (κ2) is 6.78. The molecular formula is C11H11BrF3NO4. The number of aromatic nitrogens is 1. The van der Waals surface area contributed by atoms with Gasteiger partial charge in [-0.1, -0.05) is 15.9 Å². The molecule has 0 saturated carbocycles. The summed E-state index contributed by atoms with van der Waals surface area (Å²) < 4.78 is 50.2. The molecule has 5 nitrogen and oxygen atoms in total. The number of rotatable bonds is 5. The van der Waals surface area contributed by atoms with Crippen LogP contribution in [0.25, 0.3) is 0 Å².